The second kappa shape index (κ2) is 9.71. The van der Waals surface area contributed by atoms with Gasteiger partial charge in [-0.1, -0.05) is 12.1 Å². The summed E-state index contributed by atoms with van der Waals surface area (Å²) >= 11 is 0. The number of hydrogen-bond acceptors (Lipinski definition) is 5. The topological polar surface area (TPSA) is 63.3 Å². The minimum atomic E-state index is -0.0646. The Kier molecular flexibility index (Phi) is 7.05. The summed E-state index contributed by atoms with van der Waals surface area (Å²) in [5, 5.41) is 3.10. The zero-order valence-electron chi connectivity index (χ0n) is 18.4. The van der Waals surface area contributed by atoms with Gasteiger partial charge in [-0.2, -0.15) is 0 Å². The van der Waals surface area contributed by atoms with Crippen molar-refractivity contribution in [3.63, 3.8) is 0 Å². The quantitative estimate of drug-likeness (QED) is 0.756. The Labute approximate surface area is 178 Å². The van der Waals surface area contributed by atoms with Crippen molar-refractivity contribution in [3.8, 4) is 17.2 Å². The highest BCUT2D eigenvalue weighted by Gasteiger charge is 2.24. The van der Waals surface area contributed by atoms with Gasteiger partial charge in [0.25, 0.3) is 0 Å². The molecule has 2 amide bonds. The van der Waals surface area contributed by atoms with Crippen LogP contribution < -0.4 is 19.5 Å². The molecule has 1 heterocycles. The lowest BCUT2D eigenvalue weighted by molar-refractivity contribution is 0.187. The highest BCUT2D eigenvalue weighted by molar-refractivity contribution is 5.74. The predicted molar refractivity (Wildman–Crippen MR) is 116 cm³/mol. The second-order valence-corrected chi connectivity index (χ2v) is 7.59. The molecule has 162 valence electrons. The molecular formula is C23H31N3O4. The Balaban J connectivity index is 1.67. The van der Waals surface area contributed by atoms with E-state index in [0.717, 1.165) is 29.0 Å². The summed E-state index contributed by atoms with van der Waals surface area (Å²) in [6, 6.07) is 11.9. The first-order valence-electron chi connectivity index (χ1n) is 10.0. The molecule has 1 N–H and O–H groups in total. The second-order valence-electron chi connectivity index (χ2n) is 7.59. The maximum atomic E-state index is 12.9. The Bertz CT molecular complexity index is 885. The van der Waals surface area contributed by atoms with Crippen molar-refractivity contribution in [2.45, 2.75) is 19.0 Å². The van der Waals surface area contributed by atoms with E-state index in [1.54, 1.807) is 21.3 Å². The van der Waals surface area contributed by atoms with Crippen LogP contribution in [0.4, 0.5) is 4.79 Å². The van der Waals surface area contributed by atoms with E-state index in [4.69, 9.17) is 14.2 Å². The van der Waals surface area contributed by atoms with E-state index in [1.165, 1.54) is 5.56 Å². The van der Waals surface area contributed by atoms with Gasteiger partial charge >= 0.3 is 6.03 Å². The number of rotatable bonds is 7. The van der Waals surface area contributed by atoms with E-state index in [-0.39, 0.29) is 12.1 Å². The normalized spacial score (nSPS) is 14.1. The van der Waals surface area contributed by atoms with Crippen LogP contribution >= 0.6 is 0 Å². The average molecular weight is 414 g/mol. The van der Waals surface area contributed by atoms with Gasteiger partial charge < -0.3 is 29.3 Å². The van der Waals surface area contributed by atoms with Crippen LogP contribution in [0.15, 0.2) is 36.4 Å². The van der Waals surface area contributed by atoms with Crippen LogP contribution in [0.5, 0.6) is 17.2 Å². The van der Waals surface area contributed by atoms with Crippen LogP contribution in [0.25, 0.3) is 0 Å². The van der Waals surface area contributed by atoms with E-state index in [1.807, 2.05) is 49.3 Å². The van der Waals surface area contributed by atoms with Gasteiger partial charge in [0.05, 0.1) is 27.4 Å². The van der Waals surface area contributed by atoms with E-state index >= 15 is 0 Å². The fraction of sp³-hybridized carbons (Fsp3) is 0.435. The number of amides is 2. The summed E-state index contributed by atoms with van der Waals surface area (Å²) in [6.07, 6.45) is 0.788. The molecule has 0 bridgehead atoms. The molecule has 3 rings (SSSR count). The molecule has 0 spiro atoms. The highest BCUT2D eigenvalue weighted by Crippen LogP contribution is 2.33. The number of carbonyl (C=O) groups excluding carboxylic acids is 1. The minimum Gasteiger partial charge on any atom is -0.497 e. The molecular weight excluding hydrogens is 382 g/mol. The zero-order chi connectivity index (χ0) is 21.7. The number of ether oxygens (including phenoxy) is 3. The first-order chi connectivity index (χ1) is 14.5. The smallest absolute Gasteiger partial charge is 0.317 e. The lowest BCUT2D eigenvalue weighted by Crippen LogP contribution is -2.45. The van der Waals surface area contributed by atoms with Crippen molar-refractivity contribution in [1.82, 2.24) is 15.1 Å². The standard InChI is InChI=1S/C23H31N3O4/c1-25(2)20(17-7-6-8-19(11-17)28-3)14-24-23(27)26-10-9-16-12-21(29-4)22(30-5)13-18(16)15-26/h6-8,11-13,20H,9-10,14-15H2,1-5H3,(H,24,27). The number of nitrogens with one attached hydrogen (secondary N) is 1. The lowest BCUT2D eigenvalue weighted by atomic mass is 9.99. The Morgan fingerprint density at radius 3 is 2.40 bits per heavy atom. The molecule has 0 saturated carbocycles. The van der Waals surface area contributed by atoms with Crippen LogP contribution in [0.2, 0.25) is 0 Å². The molecule has 0 aliphatic carbocycles. The third-order valence-electron chi connectivity index (χ3n) is 5.55. The van der Waals surface area contributed by atoms with Crippen LogP contribution in [0.3, 0.4) is 0 Å². The third-order valence-corrected chi connectivity index (χ3v) is 5.55. The molecule has 7 nitrogen and oxygen atoms in total. The Morgan fingerprint density at radius 1 is 1.07 bits per heavy atom. The SMILES string of the molecule is COc1cccc(C(CNC(=O)N2CCc3cc(OC)c(OC)cc3C2)N(C)C)c1. The minimum absolute atomic E-state index is 0.0467. The maximum Gasteiger partial charge on any atom is 0.317 e. The molecule has 30 heavy (non-hydrogen) atoms. The summed E-state index contributed by atoms with van der Waals surface area (Å²) in [6.45, 7) is 1.72. The molecule has 0 aromatic heterocycles. The van der Waals surface area contributed by atoms with Crippen molar-refractivity contribution in [1.29, 1.82) is 0 Å². The van der Waals surface area contributed by atoms with Gasteiger partial charge in [-0.15, -0.1) is 0 Å². The largest absolute Gasteiger partial charge is 0.497 e. The number of urea groups is 1. The molecule has 0 saturated heterocycles. The van der Waals surface area contributed by atoms with Crippen LogP contribution in [0.1, 0.15) is 22.7 Å². The first kappa shape index (κ1) is 21.8. The monoisotopic (exact) mass is 413 g/mol. The molecule has 2 aromatic carbocycles. The number of likely N-dealkylation sites (N-methyl/N-ethyl adjacent to an activating group) is 1. The molecule has 1 atom stereocenters. The van der Waals surface area contributed by atoms with Crippen LogP contribution in [-0.4, -0.2) is 64.3 Å². The van der Waals surface area contributed by atoms with Gasteiger partial charge in [0.15, 0.2) is 11.5 Å². The van der Waals surface area contributed by atoms with Gasteiger partial charge in [0.2, 0.25) is 0 Å². The number of nitrogens with zero attached hydrogens (tertiary/aromatic N) is 2. The molecule has 1 aliphatic heterocycles. The number of carbonyl (C=O) groups is 1. The maximum absolute atomic E-state index is 12.9. The van der Waals surface area contributed by atoms with Crippen LogP contribution in [0, 0.1) is 0 Å². The van der Waals surface area contributed by atoms with Crippen molar-refractivity contribution in [2.24, 2.45) is 0 Å². The van der Waals surface area contributed by atoms with Crippen LogP contribution in [-0.2, 0) is 13.0 Å². The van der Waals surface area contributed by atoms with Gasteiger partial charge in [0, 0.05) is 19.6 Å². The fourth-order valence-corrected chi connectivity index (χ4v) is 3.80. The van der Waals surface area contributed by atoms with Crippen molar-refractivity contribution < 1.29 is 19.0 Å². The molecule has 1 unspecified atom stereocenters. The average Bonchev–Trinajstić information content (AvgIpc) is 2.77. The number of methoxy groups -OCH3 is 3. The summed E-state index contributed by atoms with van der Waals surface area (Å²) < 4.78 is 16.1. The zero-order valence-corrected chi connectivity index (χ0v) is 18.4. The summed E-state index contributed by atoms with van der Waals surface area (Å²) in [4.78, 5) is 16.8. The van der Waals surface area contributed by atoms with Gasteiger partial charge in [-0.05, 0) is 61.5 Å². The van der Waals surface area contributed by atoms with Gasteiger partial charge in [-0.3, -0.25) is 0 Å². The molecule has 0 radical (unpaired) electrons. The summed E-state index contributed by atoms with van der Waals surface area (Å²) in [7, 11) is 8.93. The number of fused-ring (bicyclic) bond motifs is 1. The molecule has 2 aromatic rings. The Hall–Kier alpha value is -2.93. The Morgan fingerprint density at radius 2 is 1.77 bits per heavy atom. The van der Waals surface area contributed by atoms with E-state index in [0.29, 0.717) is 25.4 Å². The molecule has 7 heteroatoms. The lowest BCUT2D eigenvalue weighted by Gasteiger charge is -2.31. The summed E-state index contributed by atoms with van der Waals surface area (Å²) in [5.74, 6) is 2.22. The highest BCUT2D eigenvalue weighted by atomic mass is 16.5. The van der Waals surface area contributed by atoms with E-state index in [2.05, 4.69) is 16.3 Å². The van der Waals surface area contributed by atoms with Gasteiger partial charge in [-0.25, -0.2) is 4.79 Å². The number of benzene rings is 2. The van der Waals surface area contributed by atoms with Gasteiger partial charge in [0.1, 0.15) is 5.75 Å². The van der Waals surface area contributed by atoms with Crippen molar-refractivity contribution >= 4 is 6.03 Å². The summed E-state index contributed by atoms with van der Waals surface area (Å²) in [5.41, 5.74) is 3.38. The third kappa shape index (κ3) is 4.79. The number of hydrogen-bond donors (Lipinski definition) is 1. The van der Waals surface area contributed by atoms with Crippen molar-refractivity contribution in [2.75, 3.05) is 48.5 Å². The molecule has 0 fully saturated rings. The first-order valence-corrected chi connectivity index (χ1v) is 10.0. The fourth-order valence-electron chi connectivity index (χ4n) is 3.80. The van der Waals surface area contributed by atoms with E-state index < -0.39 is 0 Å². The predicted octanol–water partition coefficient (Wildman–Crippen LogP) is 3.08. The molecule has 1 aliphatic rings. The van der Waals surface area contributed by atoms with Crippen molar-refractivity contribution in [3.05, 3.63) is 53.1 Å². The van der Waals surface area contributed by atoms with E-state index in [9.17, 15) is 4.79 Å².